The lowest BCUT2D eigenvalue weighted by Gasteiger charge is -2.29. The van der Waals surface area contributed by atoms with Gasteiger partial charge in [-0.2, -0.15) is 0 Å². The average Bonchev–Trinajstić information content (AvgIpc) is 3.01. The second-order valence-corrected chi connectivity index (χ2v) is 11.1. The molecule has 0 spiro atoms. The molecule has 1 unspecified atom stereocenters. The number of halogens is 1. The Morgan fingerprint density at radius 3 is 2.55 bits per heavy atom. The molecule has 3 atom stereocenters. The summed E-state index contributed by atoms with van der Waals surface area (Å²) in [6.45, 7) is 4.75. The van der Waals surface area contributed by atoms with Crippen molar-refractivity contribution >= 4 is 23.5 Å². The summed E-state index contributed by atoms with van der Waals surface area (Å²) in [5, 5.41) is 18.8. The predicted octanol–water partition coefficient (Wildman–Crippen LogP) is 3.76. The first kappa shape index (κ1) is 31.1. The van der Waals surface area contributed by atoms with Gasteiger partial charge in [-0.3, -0.25) is 14.5 Å². The van der Waals surface area contributed by atoms with Gasteiger partial charge in [-0.05, 0) is 71.8 Å². The highest BCUT2D eigenvalue weighted by Gasteiger charge is 2.36. The van der Waals surface area contributed by atoms with Crippen LogP contribution in [0.15, 0.2) is 48.5 Å². The molecule has 11 heteroatoms. The number of aliphatic hydroxyl groups is 1. The summed E-state index contributed by atoms with van der Waals surface area (Å²) in [6, 6.07) is 13.9. The van der Waals surface area contributed by atoms with Crippen LogP contribution in [0.25, 0.3) is 22.3 Å². The number of hydrogen-bond acceptors (Lipinski definition) is 7. The number of urea groups is 1. The van der Waals surface area contributed by atoms with Crippen molar-refractivity contribution in [2.24, 2.45) is 5.92 Å². The number of aliphatic hydroxyl groups excluding tert-OH is 1. The van der Waals surface area contributed by atoms with E-state index in [1.165, 1.54) is 20.2 Å². The van der Waals surface area contributed by atoms with Crippen molar-refractivity contribution in [3.05, 3.63) is 71.0 Å². The van der Waals surface area contributed by atoms with Crippen molar-refractivity contribution in [2.75, 3.05) is 39.2 Å². The minimum atomic E-state index is -1.03. The van der Waals surface area contributed by atoms with E-state index in [-0.39, 0.29) is 25.7 Å². The van der Waals surface area contributed by atoms with Gasteiger partial charge in [0, 0.05) is 44.0 Å². The summed E-state index contributed by atoms with van der Waals surface area (Å²) in [7, 11) is 2.84. The monoisotopic (exact) mass is 604 g/mol. The van der Waals surface area contributed by atoms with E-state index < -0.39 is 35.7 Å². The van der Waals surface area contributed by atoms with Crippen LogP contribution in [0.2, 0.25) is 0 Å². The molecule has 0 saturated carbocycles. The quantitative estimate of drug-likeness (QED) is 0.288. The Labute approximate surface area is 255 Å². The van der Waals surface area contributed by atoms with Crippen LogP contribution in [0.1, 0.15) is 23.1 Å². The van der Waals surface area contributed by atoms with E-state index in [0.717, 1.165) is 32.7 Å². The molecule has 2 fully saturated rings. The molecular formula is C33H37FN4O6. The number of carbonyl (C=O) groups is 3. The van der Waals surface area contributed by atoms with E-state index in [2.05, 4.69) is 16.0 Å². The van der Waals surface area contributed by atoms with Crippen LogP contribution < -0.4 is 20.7 Å². The van der Waals surface area contributed by atoms with E-state index >= 15 is 4.39 Å². The smallest absolute Gasteiger partial charge is 0.323 e. The fourth-order valence-electron chi connectivity index (χ4n) is 5.77. The maximum absolute atomic E-state index is 15.6. The highest BCUT2D eigenvalue weighted by Crippen LogP contribution is 2.38. The summed E-state index contributed by atoms with van der Waals surface area (Å²) in [5.74, 6) is -2.11. The zero-order chi connectivity index (χ0) is 31.5. The predicted molar refractivity (Wildman–Crippen MR) is 164 cm³/mol. The third-order valence-electron chi connectivity index (χ3n) is 8.48. The molecule has 0 aliphatic carbocycles. The van der Waals surface area contributed by atoms with Gasteiger partial charge in [-0.1, -0.05) is 30.3 Å². The van der Waals surface area contributed by atoms with E-state index in [1.54, 1.807) is 6.07 Å². The Balaban J connectivity index is 1.41. The van der Waals surface area contributed by atoms with E-state index in [0.29, 0.717) is 35.6 Å². The molecule has 0 aromatic heterocycles. The van der Waals surface area contributed by atoms with Crippen LogP contribution in [-0.4, -0.2) is 73.9 Å². The lowest BCUT2D eigenvalue weighted by atomic mass is 9.90. The number of nitrogens with zero attached hydrogens (tertiary/aromatic N) is 1. The van der Waals surface area contributed by atoms with Crippen molar-refractivity contribution in [3.8, 4) is 28.0 Å². The normalized spacial score (nSPS) is 20.3. The molecule has 2 aliphatic rings. The zero-order valence-electron chi connectivity index (χ0n) is 25.2. The van der Waals surface area contributed by atoms with Gasteiger partial charge in [0.1, 0.15) is 17.5 Å². The maximum Gasteiger partial charge on any atom is 0.323 e. The van der Waals surface area contributed by atoms with Gasteiger partial charge in [0.15, 0.2) is 0 Å². The van der Waals surface area contributed by atoms with E-state index in [9.17, 15) is 19.5 Å². The summed E-state index contributed by atoms with van der Waals surface area (Å²) in [5.41, 5.74) is 5.86. The van der Waals surface area contributed by atoms with E-state index in [4.69, 9.17) is 9.47 Å². The fourth-order valence-corrected chi connectivity index (χ4v) is 5.77. The highest BCUT2D eigenvalue weighted by molar-refractivity contribution is 6.12. The van der Waals surface area contributed by atoms with Crippen molar-refractivity contribution in [3.63, 3.8) is 0 Å². The summed E-state index contributed by atoms with van der Waals surface area (Å²) >= 11 is 0. The Morgan fingerprint density at radius 2 is 1.82 bits per heavy atom. The van der Waals surface area contributed by atoms with Gasteiger partial charge in [-0.25, -0.2) is 9.18 Å². The zero-order valence-corrected chi connectivity index (χ0v) is 25.2. The minimum absolute atomic E-state index is 0.0693. The van der Waals surface area contributed by atoms with Crippen LogP contribution in [-0.2, 0) is 20.9 Å². The molecule has 5 rings (SSSR count). The molecule has 0 radical (unpaired) electrons. The molecule has 2 heterocycles. The maximum atomic E-state index is 15.6. The van der Waals surface area contributed by atoms with Gasteiger partial charge < -0.3 is 30.5 Å². The lowest BCUT2D eigenvalue weighted by molar-refractivity contribution is -0.138. The number of nitrogens with one attached hydrogen (secondary N) is 3. The summed E-state index contributed by atoms with van der Waals surface area (Å²) in [4.78, 5) is 38.2. The first-order valence-electron chi connectivity index (χ1n) is 14.5. The summed E-state index contributed by atoms with van der Waals surface area (Å²) < 4.78 is 26.4. The molecule has 4 N–H and O–H groups in total. The van der Waals surface area contributed by atoms with Crippen molar-refractivity contribution in [1.29, 1.82) is 0 Å². The van der Waals surface area contributed by atoms with Crippen molar-refractivity contribution in [1.82, 2.24) is 15.5 Å². The standard InChI is InChI=1S/C33H37FN4O6/c1-18-21(20-13-26(34)24(30(14-20)43-4)15-35-28-11-12-44-17-29(28)39)7-5-8-22(18)23-9-6-10-27(19(23)2)37-31(40)25-16-36-33(42)38(3)32(25)41/h5-10,13-14,25,28-29,35,39H,11-12,15-17H2,1-4H3,(H,36,42)(H,37,40)/t25?,28-,29+/m1/s1. The highest BCUT2D eigenvalue weighted by atomic mass is 19.1. The summed E-state index contributed by atoms with van der Waals surface area (Å²) in [6.07, 6.45) is -0.0230. The molecule has 3 aromatic rings. The number of carbonyl (C=O) groups excluding carboxylic acids is 3. The third kappa shape index (κ3) is 6.17. The van der Waals surface area contributed by atoms with Crippen molar-refractivity contribution < 1.29 is 33.4 Å². The van der Waals surface area contributed by atoms with Crippen molar-refractivity contribution in [2.45, 2.75) is 39.0 Å². The second kappa shape index (κ2) is 13.1. The van der Waals surface area contributed by atoms with Gasteiger partial charge in [0.25, 0.3) is 0 Å². The van der Waals surface area contributed by atoms with E-state index in [1.807, 2.05) is 50.2 Å². The SMILES string of the molecule is COc1cc(-c2cccc(-c3cccc(NC(=O)C4CNC(=O)N(C)C4=O)c3C)c2C)cc(F)c1CN[C@@H]1CCOC[C@@H]1O. The number of hydrogen-bond donors (Lipinski definition) is 4. The third-order valence-corrected chi connectivity index (χ3v) is 8.48. The molecule has 2 aliphatic heterocycles. The molecule has 10 nitrogen and oxygen atoms in total. The molecule has 0 bridgehead atoms. The van der Waals surface area contributed by atoms with Gasteiger partial charge in [0.05, 0.1) is 19.8 Å². The largest absolute Gasteiger partial charge is 0.496 e. The lowest BCUT2D eigenvalue weighted by Crippen LogP contribution is -2.56. The van der Waals surface area contributed by atoms with Gasteiger partial charge in [0.2, 0.25) is 11.8 Å². The van der Waals surface area contributed by atoms with Crippen LogP contribution >= 0.6 is 0 Å². The number of anilines is 1. The van der Waals surface area contributed by atoms with Crippen LogP contribution in [0, 0.1) is 25.6 Å². The molecular weight excluding hydrogens is 567 g/mol. The fraction of sp³-hybridized carbons (Fsp3) is 0.364. The Bertz CT molecular complexity index is 1590. The Kier molecular flexibility index (Phi) is 9.28. The number of methoxy groups -OCH3 is 1. The first-order valence-corrected chi connectivity index (χ1v) is 14.5. The van der Waals surface area contributed by atoms with Crippen LogP contribution in [0.3, 0.4) is 0 Å². The second-order valence-electron chi connectivity index (χ2n) is 11.1. The van der Waals surface area contributed by atoms with Crippen LogP contribution in [0.5, 0.6) is 5.75 Å². The minimum Gasteiger partial charge on any atom is -0.496 e. The number of imide groups is 1. The number of benzene rings is 3. The Morgan fingerprint density at radius 1 is 1.11 bits per heavy atom. The molecule has 44 heavy (non-hydrogen) atoms. The number of amides is 4. The molecule has 232 valence electrons. The van der Waals surface area contributed by atoms with Crippen LogP contribution in [0.4, 0.5) is 14.9 Å². The average molecular weight is 605 g/mol. The Hall–Kier alpha value is -4.32. The molecule has 2 saturated heterocycles. The number of rotatable bonds is 8. The first-order chi connectivity index (χ1) is 21.1. The topological polar surface area (TPSA) is 129 Å². The molecule has 4 amide bonds. The number of ether oxygens (including phenoxy) is 2. The van der Waals surface area contributed by atoms with Gasteiger partial charge >= 0.3 is 6.03 Å². The molecule has 3 aromatic carbocycles. The van der Waals surface area contributed by atoms with Gasteiger partial charge in [-0.15, -0.1) is 0 Å².